The number of carbonyl (C=O) groups is 2. The summed E-state index contributed by atoms with van der Waals surface area (Å²) in [6.07, 6.45) is 3.28. The highest BCUT2D eigenvalue weighted by molar-refractivity contribution is 8.00. The Bertz CT molecular complexity index is 991. The van der Waals surface area contributed by atoms with Crippen LogP contribution in [-0.2, 0) is 9.59 Å². The van der Waals surface area contributed by atoms with Crippen LogP contribution in [-0.4, -0.2) is 38.8 Å². The lowest BCUT2D eigenvalue weighted by molar-refractivity contribution is -0.121. The van der Waals surface area contributed by atoms with E-state index in [1.165, 1.54) is 4.90 Å². The van der Waals surface area contributed by atoms with Gasteiger partial charge in [-0.1, -0.05) is 23.9 Å². The van der Waals surface area contributed by atoms with Crippen molar-refractivity contribution in [2.75, 3.05) is 16.8 Å². The molecule has 4 rings (SSSR count). The number of pyridine rings is 1. The van der Waals surface area contributed by atoms with E-state index in [0.717, 1.165) is 11.8 Å². The van der Waals surface area contributed by atoms with Gasteiger partial charge in [-0.15, -0.1) is 10.2 Å². The van der Waals surface area contributed by atoms with E-state index in [2.05, 4.69) is 20.5 Å². The Labute approximate surface area is 159 Å². The normalized spacial score (nSPS) is 14.4. The predicted octanol–water partition coefficient (Wildman–Crippen LogP) is 2.60. The number of fused-ring (bicyclic) bond motifs is 1. The number of nitrogens with one attached hydrogen (secondary N) is 1. The number of nitrogens with zero attached hydrogens (tertiary/aromatic N) is 4. The number of amides is 2. The SMILES string of the molecule is C[C@@H](Sc1nnc(-c2cccnc2)o1)C(=O)N1CC(=O)Nc2ccccc21. The molecule has 0 radical (unpaired) electrons. The molecule has 0 bridgehead atoms. The second kappa shape index (κ2) is 7.20. The molecule has 1 atom stereocenters. The van der Waals surface area contributed by atoms with E-state index < -0.39 is 5.25 Å². The van der Waals surface area contributed by atoms with Gasteiger partial charge in [-0.3, -0.25) is 19.5 Å². The molecule has 136 valence electrons. The molecule has 3 aromatic rings. The topological polar surface area (TPSA) is 101 Å². The number of thioether (sulfide) groups is 1. The Morgan fingerprint density at radius 3 is 2.93 bits per heavy atom. The third-order valence-electron chi connectivity index (χ3n) is 3.98. The van der Waals surface area contributed by atoms with Gasteiger partial charge < -0.3 is 9.73 Å². The molecule has 9 heteroatoms. The Kier molecular flexibility index (Phi) is 4.59. The summed E-state index contributed by atoms with van der Waals surface area (Å²) < 4.78 is 5.62. The Hall–Kier alpha value is -3.20. The Balaban J connectivity index is 1.51. The van der Waals surface area contributed by atoms with Crippen molar-refractivity contribution in [3.8, 4) is 11.5 Å². The molecule has 0 saturated heterocycles. The van der Waals surface area contributed by atoms with Crippen molar-refractivity contribution >= 4 is 35.0 Å². The van der Waals surface area contributed by atoms with E-state index in [9.17, 15) is 9.59 Å². The van der Waals surface area contributed by atoms with E-state index in [1.54, 1.807) is 37.5 Å². The highest BCUT2D eigenvalue weighted by Crippen LogP contribution is 2.32. The molecule has 0 saturated carbocycles. The maximum atomic E-state index is 12.9. The van der Waals surface area contributed by atoms with Crippen molar-refractivity contribution in [1.82, 2.24) is 15.2 Å². The van der Waals surface area contributed by atoms with Crippen LogP contribution in [0, 0.1) is 0 Å². The smallest absolute Gasteiger partial charge is 0.277 e. The first-order valence-electron chi connectivity index (χ1n) is 8.22. The molecule has 1 aliphatic heterocycles. The van der Waals surface area contributed by atoms with Crippen LogP contribution in [0.4, 0.5) is 11.4 Å². The number of hydrogen-bond donors (Lipinski definition) is 1. The third kappa shape index (κ3) is 3.54. The summed E-state index contributed by atoms with van der Waals surface area (Å²) in [6, 6.07) is 10.8. The monoisotopic (exact) mass is 381 g/mol. The van der Waals surface area contributed by atoms with E-state index >= 15 is 0 Å². The first kappa shape index (κ1) is 17.2. The van der Waals surface area contributed by atoms with Gasteiger partial charge in [0.2, 0.25) is 17.7 Å². The molecular weight excluding hydrogens is 366 g/mol. The van der Waals surface area contributed by atoms with Crippen molar-refractivity contribution < 1.29 is 14.0 Å². The van der Waals surface area contributed by atoms with Crippen molar-refractivity contribution in [2.24, 2.45) is 0 Å². The maximum absolute atomic E-state index is 12.9. The summed E-state index contributed by atoms with van der Waals surface area (Å²) in [5.74, 6) is -0.0905. The standard InChI is InChI=1S/C18H15N5O3S/c1-11(27-18-22-21-16(26-18)12-5-4-8-19-9-12)17(25)23-10-15(24)20-13-6-2-3-7-14(13)23/h2-9,11H,10H2,1H3,(H,20,24)/t11-/m1/s1. The second-order valence-corrected chi connectivity index (χ2v) is 7.16. The van der Waals surface area contributed by atoms with Gasteiger partial charge >= 0.3 is 0 Å². The van der Waals surface area contributed by atoms with Crippen LogP contribution >= 0.6 is 11.8 Å². The lowest BCUT2D eigenvalue weighted by atomic mass is 10.2. The average Bonchev–Trinajstić information content (AvgIpc) is 3.16. The van der Waals surface area contributed by atoms with Crippen molar-refractivity contribution in [2.45, 2.75) is 17.4 Å². The minimum Gasteiger partial charge on any atom is -0.411 e. The van der Waals surface area contributed by atoms with Gasteiger partial charge in [0.05, 0.1) is 22.2 Å². The summed E-state index contributed by atoms with van der Waals surface area (Å²) in [7, 11) is 0. The summed E-state index contributed by atoms with van der Waals surface area (Å²) >= 11 is 1.15. The number of para-hydroxylation sites is 2. The van der Waals surface area contributed by atoms with Crippen molar-refractivity contribution in [3.05, 3.63) is 48.8 Å². The lowest BCUT2D eigenvalue weighted by Crippen LogP contribution is -2.45. The molecule has 0 unspecified atom stereocenters. The fourth-order valence-corrected chi connectivity index (χ4v) is 3.46. The second-order valence-electron chi connectivity index (χ2n) is 5.86. The van der Waals surface area contributed by atoms with Crippen LogP contribution < -0.4 is 10.2 Å². The third-order valence-corrected chi connectivity index (χ3v) is 4.90. The average molecular weight is 381 g/mol. The first-order chi connectivity index (χ1) is 13.1. The fraction of sp³-hybridized carbons (Fsp3) is 0.167. The van der Waals surface area contributed by atoms with Crippen LogP contribution in [0.15, 0.2) is 58.4 Å². The number of hydrogen-bond acceptors (Lipinski definition) is 7. The van der Waals surface area contributed by atoms with Gasteiger partial charge in [0.25, 0.3) is 5.22 Å². The number of benzene rings is 1. The highest BCUT2D eigenvalue weighted by Gasteiger charge is 2.31. The molecule has 2 aromatic heterocycles. The lowest BCUT2D eigenvalue weighted by Gasteiger charge is -2.30. The molecule has 0 aliphatic carbocycles. The zero-order valence-corrected chi connectivity index (χ0v) is 15.1. The van der Waals surface area contributed by atoms with Crippen LogP contribution in [0.1, 0.15) is 6.92 Å². The highest BCUT2D eigenvalue weighted by atomic mass is 32.2. The molecule has 1 aliphatic rings. The summed E-state index contributed by atoms with van der Waals surface area (Å²) in [6.45, 7) is 1.72. The zero-order valence-electron chi connectivity index (χ0n) is 14.3. The number of carbonyl (C=O) groups excluding carboxylic acids is 2. The number of rotatable bonds is 4. The minimum absolute atomic E-state index is 0.0223. The molecular formula is C18H15N5O3S. The van der Waals surface area contributed by atoms with Gasteiger partial charge in [0.1, 0.15) is 6.54 Å². The van der Waals surface area contributed by atoms with Crippen molar-refractivity contribution in [1.29, 1.82) is 0 Å². The molecule has 3 heterocycles. The van der Waals surface area contributed by atoms with Crippen LogP contribution in [0.25, 0.3) is 11.5 Å². The van der Waals surface area contributed by atoms with Gasteiger partial charge in [0, 0.05) is 12.4 Å². The summed E-state index contributed by atoms with van der Waals surface area (Å²) in [5, 5.41) is 10.5. The van der Waals surface area contributed by atoms with E-state index in [-0.39, 0.29) is 23.6 Å². The molecule has 1 N–H and O–H groups in total. The van der Waals surface area contributed by atoms with Crippen LogP contribution in [0.2, 0.25) is 0 Å². The van der Waals surface area contributed by atoms with Crippen LogP contribution in [0.5, 0.6) is 0 Å². The Morgan fingerprint density at radius 2 is 2.11 bits per heavy atom. The number of anilines is 2. The quantitative estimate of drug-likeness (QED) is 0.693. The van der Waals surface area contributed by atoms with Gasteiger partial charge in [0.15, 0.2) is 0 Å². The summed E-state index contributed by atoms with van der Waals surface area (Å²) in [4.78, 5) is 30.3. The molecule has 0 spiro atoms. The molecule has 2 amide bonds. The van der Waals surface area contributed by atoms with E-state index in [1.807, 2.05) is 18.2 Å². The molecule has 1 aromatic carbocycles. The molecule has 27 heavy (non-hydrogen) atoms. The fourth-order valence-electron chi connectivity index (χ4n) is 2.71. The number of aromatic nitrogens is 3. The van der Waals surface area contributed by atoms with Crippen LogP contribution in [0.3, 0.4) is 0 Å². The van der Waals surface area contributed by atoms with Gasteiger partial charge in [-0.2, -0.15) is 0 Å². The first-order valence-corrected chi connectivity index (χ1v) is 9.10. The van der Waals surface area contributed by atoms with E-state index in [4.69, 9.17) is 4.42 Å². The zero-order chi connectivity index (χ0) is 18.8. The molecule has 8 nitrogen and oxygen atoms in total. The maximum Gasteiger partial charge on any atom is 0.277 e. The van der Waals surface area contributed by atoms with Crippen molar-refractivity contribution in [3.63, 3.8) is 0 Å². The van der Waals surface area contributed by atoms with Gasteiger partial charge in [-0.05, 0) is 31.2 Å². The largest absolute Gasteiger partial charge is 0.411 e. The predicted molar refractivity (Wildman–Crippen MR) is 100 cm³/mol. The summed E-state index contributed by atoms with van der Waals surface area (Å²) in [5.41, 5.74) is 2.00. The molecule has 0 fully saturated rings. The Morgan fingerprint density at radius 1 is 1.26 bits per heavy atom. The van der Waals surface area contributed by atoms with Gasteiger partial charge in [-0.25, -0.2) is 0 Å². The minimum atomic E-state index is -0.508. The van der Waals surface area contributed by atoms with E-state index in [0.29, 0.717) is 22.8 Å².